The SMILES string of the molecule is COc1ccc(C(C)C)c(NC(=O)CN2CCN(CCCSc3nc4ccccc4o3)CC2)c1C(C)C. The van der Waals surface area contributed by atoms with E-state index in [4.69, 9.17) is 9.15 Å². The lowest BCUT2D eigenvalue weighted by atomic mass is 9.91. The average molecular weight is 525 g/mol. The second kappa shape index (κ2) is 12.8. The predicted octanol–water partition coefficient (Wildman–Crippen LogP) is 5.82. The van der Waals surface area contributed by atoms with Crippen molar-refractivity contribution in [1.82, 2.24) is 14.8 Å². The number of anilines is 1. The summed E-state index contributed by atoms with van der Waals surface area (Å²) in [6.07, 6.45) is 1.08. The summed E-state index contributed by atoms with van der Waals surface area (Å²) in [5, 5.41) is 4.00. The van der Waals surface area contributed by atoms with Gasteiger partial charge >= 0.3 is 0 Å². The number of carbonyl (C=O) groups excluding carboxylic acids is 1. The smallest absolute Gasteiger partial charge is 0.256 e. The third-order valence-electron chi connectivity index (χ3n) is 6.87. The second-order valence-corrected chi connectivity index (χ2v) is 11.3. The van der Waals surface area contributed by atoms with E-state index in [1.165, 1.54) is 0 Å². The zero-order valence-corrected chi connectivity index (χ0v) is 23.6. The Kier molecular flexibility index (Phi) is 9.51. The molecule has 1 aliphatic rings. The predicted molar refractivity (Wildman–Crippen MR) is 152 cm³/mol. The van der Waals surface area contributed by atoms with Crippen LogP contribution in [0.4, 0.5) is 5.69 Å². The number of aromatic nitrogens is 1. The summed E-state index contributed by atoms with van der Waals surface area (Å²) in [7, 11) is 1.69. The van der Waals surface area contributed by atoms with Crippen LogP contribution in [-0.4, -0.2) is 72.8 Å². The van der Waals surface area contributed by atoms with Crippen LogP contribution in [0.2, 0.25) is 0 Å². The number of benzene rings is 2. The highest BCUT2D eigenvalue weighted by Crippen LogP contribution is 2.39. The topological polar surface area (TPSA) is 70.8 Å². The molecule has 0 aliphatic carbocycles. The Morgan fingerprint density at radius 1 is 1.05 bits per heavy atom. The maximum atomic E-state index is 13.1. The number of ether oxygens (including phenoxy) is 1. The summed E-state index contributed by atoms with van der Waals surface area (Å²) >= 11 is 1.68. The molecular formula is C29H40N4O3S. The lowest BCUT2D eigenvalue weighted by Gasteiger charge is -2.34. The van der Waals surface area contributed by atoms with Gasteiger partial charge in [-0.1, -0.05) is 57.7 Å². The second-order valence-electron chi connectivity index (χ2n) is 10.3. The fraction of sp³-hybridized carbons (Fsp3) is 0.517. The Morgan fingerprint density at radius 2 is 1.78 bits per heavy atom. The van der Waals surface area contributed by atoms with Gasteiger partial charge in [0.25, 0.3) is 5.22 Å². The molecule has 2 heterocycles. The highest BCUT2D eigenvalue weighted by atomic mass is 32.2. The monoisotopic (exact) mass is 524 g/mol. The number of oxazole rings is 1. The van der Waals surface area contributed by atoms with Crippen LogP contribution < -0.4 is 10.1 Å². The fourth-order valence-electron chi connectivity index (χ4n) is 4.90. The molecule has 4 rings (SSSR count). The van der Waals surface area contributed by atoms with Crippen molar-refractivity contribution < 1.29 is 13.9 Å². The Balaban J connectivity index is 1.23. The number of amides is 1. The van der Waals surface area contributed by atoms with Crippen molar-refractivity contribution in [3.63, 3.8) is 0 Å². The van der Waals surface area contributed by atoms with Crippen molar-refractivity contribution in [2.45, 2.75) is 51.2 Å². The number of nitrogens with one attached hydrogen (secondary N) is 1. The lowest BCUT2D eigenvalue weighted by molar-refractivity contribution is -0.117. The summed E-state index contributed by atoms with van der Waals surface area (Å²) in [6, 6.07) is 12.0. The molecule has 0 bridgehead atoms. The summed E-state index contributed by atoms with van der Waals surface area (Å²) < 4.78 is 11.4. The highest BCUT2D eigenvalue weighted by Gasteiger charge is 2.23. The number of thioether (sulfide) groups is 1. The minimum Gasteiger partial charge on any atom is -0.496 e. The summed E-state index contributed by atoms with van der Waals surface area (Å²) in [5.41, 5.74) is 4.90. The molecule has 1 aliphatic heterocycles. The van der Waals surface area contributed by atoms with Crippen LogP contribution in [0.1, 0.15) is 57.1 Å². The Labute approximate surface area is 224 Å². The van der Waals surface area contributed by atoms with Gasteiger partial charge in [0.05, 0.1) is 19.3 Å². The first-order valence-corrected chi connectivity index (χ1v) is 14.3. The molecule has 2 aromatic carbocycles. The van der Waals surface area contributed by atoms with E-state index in [2.05, 4.69) is 53.9 Å². The van der Waals surface area contributed by atoms with E-state index in [-0.39, 0.29) is 11.8 Å². The van der Waals surface area contributed by atoms with Crippen LogP contribution in [0, 0.1) is 0 Å². The Morgan fingerprint density at radius 3 is 2.46 bits per heavy atom. The quantitative estimate of drug-likeness (QED) is 0.250. The van der Waals surface area contributed by atoms with Crippen molar-refractivity contribution >= 4 is 34.5 Å². The van der Waals surface area contributed by atoms with Crippen LogP contribution in [-0.2, 0) is 4.79 Å². The van der Waals surface area contributed by atoms with Crippen LogP contribution in [0.15, 0.2) is 46.0 Å². The molecule has 7 nitrogen and oxygen atoms in total. The largest absolute Gasteiger partial charge is 0.496 e. The molecule has 0 atom stereocenters. The van der Waals surface area contributed by atoms with Gasteiger partial charge in [-0.15, -0.1) is 0 Å². The number of rotatable bonds is 11. The van der Waals surface area contributed by atoms with Gasteiger partial charge in [0.1, 0.15) is 11.3 Å². The highest BCUT2D eigenvalue weighted by molar-refractivity contribution is 7.99. The molecule has 1 saturated heterocycles. The minimum absolute atomic E-state index is 0.0419. The summed E-state index contributed by atoms with van der Waals surface area (Å²) in [5.74, 6) is 2.40. The van der Waals surface area contributed by atoms with Crippen LogP contribution in [0.3, 0.4) is 0 Å². The molecule has 3 aromatic rings. The first-order chi connectivity index (χ1) is 17.9. The summed E-state index contributed by atoms with van der Waals surface area (Å²) in [4.78, 5) is 22.4. The molecular weight excluding hydrogens is 484 g/mol. The number of piperazine rings is 1. The van der Waals surface area contributed by atoms with E-state index in [1.54, 1.807) is 18.9 Å². The number of hydrogen-bond acceptors (Lipinski definition) is 7. The number of nitrogens with zero attached hydrogens (tertiary/aromatic N) is 3. The third-order valence-corrected chi connectivity index (χ3v) is 7.79. The standard InChI is InChI=1S/C29H40N4O3S/c1-20(2)22-11-12-25(35-5)27(21(3)4)28(22)31-26(34)19-33-16-14-32(15-17-33)13-8-18-37-29-30-23-9-6-7-10-24(23)36-29/h6-7,9-12,20-21H,8,13-19H2,1-5H3,(H,31,34). The lowest BCUT2D eigenvalue weighted by Crippen LogP contribution is -2.48. The molecule has 1 N–H and O–H groups in total. The molecule has 0 saturated carbocycles. The number of carbonyl (C=O) groups is 1. The average Bonchev–Trinajstić information content (AvgIpc) is 3.29. The molecule has 1 fully saturated rings. The summed E-state index contributed by atoms with van der Waals surface area (Å²) in [6.45, 7) is 13.8. The van der Waals surface area contributed by atoms with Crippen molar-refractivity contribution in [3.05, 3.63) is 47.5 Å². The van der Waals surface area contributed by atoms with Gasteiger partial charge in [-0.3, -0.25) is 9.69 Å². The van der Waals surface area contributed by atoms with Crippen molar-refractivity contribution in [2.24, 2.45) is 0 Å². The van der Waals surface area contributed by atoms with E-state index in [0.29, 0.717) is 12.5 Å². The Hall–Kier alpha value is -2.55. The maximum Gasteiger partial charge on any atom is 0.256 e. The normalized spacial score (nSPS) is 15.1. The molecule has 1 amide bonds. The molecule has 0 radical (unpaired) electrons. The minimum atomic E-state index is 0.0419. The van der Waals surface area contributed by atoms with E-state index in [1.807, 2.05) is 30.3 Å². The fourth-order valence-corrected chi connectivity index (χ4v) is 5.66. The van der Waals surface area contributed by atoms with Gasteiger partial charge in [-0.25, -0.2) is 4.98 Å². The number of hydrogen-bond donors (Lipinski definition) is 1. The van der Waals surface area contributed by atoms with Gasteiger partial charge < -0.3 is 19.4 Å². The zero-order valence-electron chi connectivity index (χ0n) is 22.8. The molecule has 8 heteroatoms. The molecule has 1 aromatic heterocycles. The van der Waals surface area contributed by atoms with Gasteiger partial charge in [-0.2, -0.15) is 0 Å². The van der Waals surface area contributed by atoms with Gasteiger partial charge in [-0.05, 0) is 48.6 Å². The molecule has 37 heavy (non-hydrogen) atoms. The van der Waals surface area contributed by atoms with Crippen molar-refractivity contribution in [2.75, 3.05) is 57.4 Å². The zero-order chi connectivity index (χ0) is 26.4. The van der Waals surface area contributed by atoms with E-state index in [0.717, 1.165) is 83.8 Å². The molecule has 200 valence electrons. The van der Waals surface area contributed by atoms with Crippen LogP contribution >= 0.6 is 11.8 Å². The van der Waals surface area contributed by atoms with Gasteiger partial charge in [0, 0.05) is 37.5 Å². The first kappa shape index (κ1) is 27.5. The van der Waals surface area contributed by atoms with Gasteiger partial charge in [0.2, 0.25) is 5.91 Å². The first-order valence-electron chi connectivity index (χ1n) is 13.3. The van der Waals surface area contributed by atoms with Crippen molar-refractivity contribution in [1.29, 1.82) is 0 Å². The van der Waals surface area contributed by atoms with Crippen molar-refractivity contribution in [3.8, 4) is 5.75 Å². The maximum absolute atomic E-state index is 13.1. The molecule has 0 spiro atoms. The molecule has 0 unspecified atom stereocenters. The Bertz CT molecular complexity index is 1150. The van der Waals surface area contributed by atoms with E-state index in [9.17, 15) is 4.79 Å². The van der Waals surface area contributed by atoms with Crippen LogP contribution in [0.25, 0.3) is 11.1 Å². The number of para-hydroxylation sites is 2. The van der Waals surface area contributed by atoms with Crippen LogP contribution in [0.5, 0.6) is 5.75 Å². The van der Waals surface area contributed by atoms with E-state index >= 15 is 0 Å². The number of methoxy groups -OCH3 is 1. The van der Waals surface area contributed by atoms with Gasteiger partial charge in [0.15, 0.2) is 5.58 Å². The third kappa shape index (κ3) is 7.06. The van der Waals surface area contributed by atoms with E-state index < -0.39 is 0 Å². The number of fused-ring (bicyclic) bond motifs is 1.